The SMILES string of the molecule is CCOC(=O)N1CCN(C(=O)c2cc(-c3ccccc3)nn2-c2ccc([N+](=O)[O-])cc2)CC1. The molecule has 3 aromatic rings. The number of benzene rings is 2. The molecule has 0 radical (unpaired) electrons. The van der Waals surface area contributed by atoms with Gasteiger partial charge in [-0.15, -0.1) is 0 Å². The van der Waals surface area contributed by atoms with Gasteiger partial charge in [0.15, 0.2) is 0 Å². The average molecular weight is 449 g/mol. The van der Waals surface area contributed by atoms with E-state index in [1.54, 1.807) is 34.9 Å². The van der Waals surface area contributed by atoms with Crippen LogP contribution in [-0.4, -0.2) is 69.3 Å². The summed E-state index contributed by atoms with van der Waals surface area (Å²) in [6.45, 7) is 3.53. The molecule has 1 aromatic heterocycles. The Hall–Kier alpha value is -4.21. The zero-order valence-electron chi connectivity index (χ0n) is 18.1. The van der Waals surface area contributed by atoms with Crippen LogP contribution in [0.15, 0.2) is 60.7 Å². The van der Waals surface area contributed by atoms with E-state index in [2.05, 4.69) is 5.10 Å². The summed E-state index contributed by atoms with van der Waals surface area (Å²) >= 11 is 0. The maximum atomic E-state index is 13.4. The Morgan fingerprint density at radius 3 is 2.24 bits per heavy atom. The summed E-state index contributed by atoms with van der Waals surface area (Å²) in [6.07, 6.45) is -0.383. The second kappa shape index (κ2) is 9.51. The maximum Gasteiger partial charge on any atom is 0.409 e. The highest BCUT2D eigenvalue weighted by Crippen LogP contribution is 2.24. The molecule has 33 heavy (non-hydrogen) atoms. The maximum absolute atomic E-state index is 13.4. The van der Waals surface area contributed by atoms with Crippen molar-refractivity contribution < 1.29 is 19.2 Å². The first-order valence-corrected chi connectivity index (χ1v) is 10.6. The molecule has 10 heteroatoms. The zero-order chi connectivity index (χ0) is 23.4. The van der Waals surface area contributed by atoms with Gasteiger partial charge < -0.3 is 14.5 Å². The summed E-state index contributed by atoms with van der Waals surface area (Å²) in [7, 11) is 0. The minimum Gasteiger partial charge on any atom is -0.450 e. The van der Waals surface area contributed by atoms with E-state index in [-0.39, 0.29) is 17.7 Å². The molecule has 0 saturated carbocycles. The van der Waals surface area contributed by atoms with Crippen LogP contribution in [0.25, 0.3) is 16.9 Å². The highest BCUT2D eigenvalue weighted by atomic mass is 16.6. The van der Waals surface area contributed by atoms with Crippen LogP contribution in [0.3, 0.4) is 0 Å². The lowest BCUT2D eigenvalue weighted by atomic mass is 10.1. The van der Waals surface area contributed by atoms with Crippen molar-refractivity contribution in [2.45, 2.75) is 6.92 Å². The number of nitro groups is 1. The van der Waals surface area contributed by atoms with E-state index >= 15 is 0 Å². The molecule has 2 aromatic carbocycles. The van der Waals surface area contributed by atoms with Crippen LogP contribution in [0.4, 0.5) is 10.5 Å². The molecule has 0 N–H and O–H groups in total. The van der Waals surface area contributed by atoms with Gasteiger partial charge in [0.05, 0.1) is 22.9 Å². The van der Waals surface area contributed by atoms with E-state index in [1.165, 1.54) is 16.8 Å². The summed E-state index contributed by atoms with van der Waals surface area (Å²) in [5.74, 6) is -0.230. The Balaban J connectivity index is 1.64. The van der Waals surface area contributed by atoms with Crippen molar-refractivity contribution >= 4 is 17.7 Å². The van der Waals surface area contributed by atoms with Gasteiger partial charge in [0, 0.05) is 43.9 Å². The van der Waals surface area contributed by atoms with E-state index in [4.69, 9.17) is 4.74 Å². The van der Waals surface area contributed by atoms with Crippen molar-refractivity contribution in [2.24, 2.45) is 0 Å². The number of nitrogens with zero attached hydrogens (tertiary/aromatic N) is 5. The molecule has 1 saturated heterocycles. The second-order valence-electron chi connectivity index (χ2n) is 7.44. The van der Waals surface area contributed by atoms with Crippen LogP contribution in [0.2, 0.25) is 0 Å². The van der Waals surface area contributed by atoms with E-state index in [1.807, 2.05) is 30.3 Å². The zero-order valence-corrected chi connectivity index (χ0v) is 18.1. The third-order valence-electron chi connectivity index (χ3n) is 5.40. The Morgan fingerprint density at radius 1 is 1.00 bits per heavy atom. The van der Waals surface area contributed by atoms with Crippen LogP contribution in [0.1, 0.15) is 17.4 Å². The highest BCUT2D eigenvalue weighted by molar-refractivity contribution is 5.94. The molecule has 10 nitrogen and oxygen atoms in total. The molecule has 2 amide bonds. The molecular weight excluding hydrogens is 426 g/mol. The molecule has 170 valence electrons. The van der Waals surface area contributed by atoms with Crippen LogP contribution >= 0.6 is 0 Å². The third kappa shape index (κ3) is 4.69. The van der Waals surface area contributed by atoms with Crippen LogP contribution in [-0.2, 0) is 4.74 Å². The molecular formula is C23H23N5O5. The van der Waals surface area contributed by atoms with Crippen molar-refractivity contribution in [3.05, 3.63) is 76.5 Å². The number of hydrogen-bond acceptors (Lipinski definition) is 6. The summed E-state index contributed by atoms with van der Waals surface area (Å²) in [6, 6.07) is 17.1. The summed E-state index contributed by atoms with van der Waals surface area (Å²) in [5, 5.41) is 15.6. The second-order valence-corrected chi connectivity index (χ2v) is 7.44. The lowest BCUT2D eigenvalue weighted by Gasteiger charge is -2.34. The van der Waals surface area contributed by atoms with Gasteiger partial charge in [0.1, 0.15) is 5.69 Å². The Labute approximate surface area is 190 Å². The number of ether oxygens (including phenoxy) is 1. The fraction of sp³-hybridized carbons (Fsp3) is 0.261. The van der Waals surface area contributed by atoms with E-state index in [0.29, 0.717) is 49.9 Å². The predicted molar refractivity (Wildman–Crippen MR) is 120 cm³/mol. The minimum absolute atomic E-state index is 0.0443. The summed E-state index contributed by atoms with van der Waals surface area (Å²) in [5.41, 5.74) is 2.29. The monoisotopic (exact) mass is 449 g/mol. The van der Waals surface area contributed by atoms with Crippen LogP contribution < -0.4 is 0 Å². The first-order valence-electron chi connectivity index (χ1n) is 10.6. The van der Waals surface area contributed by atoms with Crippen molar-refractivity contribution in [1.82, 2.24) is 19.6 Å². The topological polar surface area (TPSA) is 111 Å². The quantitative estimate of drug-likeness (QED) is 0.436. The van der Waals surface area contributed by atoms with E-state index in [9.17, 15) is 19.7 Å². The number of non-ortho nitro benzene ring substituents is 1. The fourth-order valence-electron chi connectivity index (χ4n) is 3.66. The number of nitro benzene ring substituents is 1. The van der Waals surface area contributed by atoms with Crippen molar-refractivity contribution in [2.75, 3.05) is 32.8 Å². The third-order valence-corrected chi connectivity index (χ3v) is 5.40. The van der Waals surface area contributed by atoms with Gasteiger partial charge in [-0.05, 0) is 25.1 Å². The van der Waals surface area contributed by atoms with Gasteiger partial charge in [-0.2, -0.15) is 5.10 Å². The molecule has 1 aliphatic rings. The normalized spacial score (nSPS) is 13.6. The van der Waals surface area contributed by atoms with Crippen molar-refractivity contribution in [3.63, 3.8) is 0 Å². The molecule has 0 aliphatic carbocycles. The molecule has 0 atom stereocenters. The Morgan fingerprint density at radius 2 is 1.64 bits per heavy atom. The molecule has 2 heterocycles. The number of piperazine rings is 1. The highest BCUT2D eigenvalue weighted by Gasteiger charge is 2.28. The van der Waals surface area contributed by atoms with Gasteiger partial charge in [0.2, 0.25) is 0 Å². The number of hydrogen-bond donors (Lipinski definition) is 0. The van der Waals surface area contributed by atoms with E-state index in [0.717, 1.165) is 5.56 Å². The van der Waals surface area contributed by atoms with Gasteiger partial charge in [-0.3, -0.25) is 14.9 Å². The summed E-state index contributed by atoms with van der Waals surface area (Å²) in [4.78, 5) is 39.2. The molecule has 0 bridgehead atoms. The Bertz CT molecular complexity index is 1150. The lowest BCUT2D eigenvalue weighted by Crippen LogP contribution is -2.51. The molecule has 1 fully saturated rings. The molecule has 0 spiro atoms. The minimum atomic E-state index is -0.475. The number of rotatable bonds is 5. The standard InChI is InChI=1S/C23H23N5O5/c1-2-33-23(30)26-14-12-25(13-15-26)22(29)21-16-20(17-6-4-3-5-7-17)24-27(21)18-8-10-19(11-9-18)28(31)32/h3-11,16H,2,12-15H2,1H3. The van der Waals surface area contributed by atoms with Gasteiger partial charge in [-0.25, -0.2) is 9.48 Å². The number of aromatic nitrogens is 2. The first-order chi connectivity index (χ1) is 16.0. The van der Waals surface area contributed by atoms with Crippen molar-refractivity contribution in [1.29, 1.82) is 0 Å². The molecule has 0 unspecified atom stereocenters. The number of carbonyl (C=O) groups excluding carboxylic acids is 2. The number of amides is 2. The number of carbonyl (C=O) groups is 2. The summed E-state index contributed by atoms with van der Waals surface area (Å²) < 4.78 is 6.54. The lowest BCUT2D eigenvalue weighted by molar-refractivity contribution is -0.384. The van der Waals surface area contributed by atoms with Crippen molar-refractivity contribution in [3.8, 4) is 16.9 Å². The van der Waals surface area contributed by atoms with Gasteiger partial charge >= 0.3 is 6.09 Å². The largest absolute Gasteiger partial charge is 0.450 e. The molecule has 4 rings (SSSR count). The Kier molecular flexibility index (Phi) is 6.34. The van der Waals surface area contributed by atoms with Crippen LogP contribution in [0.5, 0.6) is 0 Å². The first kappa shape index (κ1) is 22.0. The molecule has 1 aliphatic heterocycles. The van der Waals surface area contributed by atoms with E-state index < -0.39 is 4.92 Å². The average Bonchev–Trinajstić information content (AvgIpc) is 3.30. The fourth-order valence-corrected chi connectivity index (χ4v) is 3.66. The van der Waals surface area contributed by atoms with Gasteiger partial charge in [0.25, 0.3) is 11.6 Å². The van der Waals surface area contributed by atoms with Crippen LogP contribution in [0, 0.1) is 10.1 Å². The smallest absolute Gasteiger partial charge is 0.409 e. The van der Waals surface area contributed by atoms with Gasteiger partial charge in [-0.1, -0.05) is 30.3 Å². The predicted octanol–water partition coefficient (Wildman–Crippen LogP) is 3.36.